The van der Waals surface area contributed by atoms with E-state index in [4.69, 9.17) is 4.42 Å². The fraction of sp³-hybridized carbons (Fsp3) is 0.421. The van der Waals surface area contributed by atoms with Crippen LogP contribution in [0.1, 0.15) is 30.5 Å². The van der Waals surface area contributed by atoms with E-state index in [0.717, 1.165) is 55.0 Å². The molecule has 5 nitrogen and oxygen atoms in total. The molecule has 0 amide bonds. The molecule has 126 valence electrons. The molecular weight excluding hydrogens is 302 g/mol. The standard InChI is InChI=1S/C19H23N3O2/c1-21-10-8-20-19(21)18(23)15-6-4-9-22(12-15)13-16-11-14-5-2-3-7-17(14)24-16/h2-3,5,7-8,10-11,15,18,23H,4,6,9,12-13H2,1H3. The van der Waals surface area contributed by atoms with Gasteiger partial charge in [0, 0.05) is 37.3 Å². The lowest BCUT2D eigenvalue weighted by Gasteiger charge is -2.34. The molecule has 3 aromatic rings. The van der Waals surface area contributed by atoms with Crippen LogP contribution >= 0.6 is 0 Å². The summed E-state index contributed by atoms with van der Waals surface area (Å²) in [4.78, 5) is 6.68. The highest BCUT2D eigenvalue weighted by molar-refractivity contribution is 5.77. The molecule has 1 aliphatic rings. The number of imidazole rings is 1. The second kappa shape index (κ2) is 6.42. The molecule has 5 heteroatoms. The molecule has 4 rings (SSSR count). The molecule has 0 spiro atoms. The second-order valence-corrected chi connectivity index (χ2v) is 6.73. The molecule has 1 aromatic carbocycles. The number of para-hydroxylation sites is 1. The molecular formula is C19H23N3O2. The average Bonchev–Trinajstić information content (AvgIpc) is 3.19. The zero-order valence-electron chi connectivity index (χ0n) is 13.9. The van der Waals surface area contributed by atoms with Gasteiger partial charge in [0.15, 0.2) is 0 Å². The summed E-state index contributed by atoms with van der Waals surface area (Å²) in [5.41, 5.74) is 0.939. The number of rotatable bonds is 4. The first-order chi connectivity index (χ1) is 11.7. The number of aliphatic hydroxyl groups excluding tert-OH is 1. The van der Waals surface area contributed by atoms with Crippen molar-refractivity contribution in [3.8, 4) is 0 Å². The lowest BCUT2D eigenvalue weighted by atomic mass is 9.92. The number of aliphatic hydroxyl groups is 1. The Labute approximate surface area is 141 Å². The van der Waals surface area contributed by atoms with E-state index in [1.165, 1.54) is 0 Å². The van der Waals surface area contributed by atoms with Crippen LogP contribution in [0.2, 0.25) is 0 Å². The minimum Gasteiger partial charge on any atom is -0.460 e. The van der Waals surface area contributed by atoms with Crippen LogP contribution in [0.25, 0.3) is 11.0 Å². The molecule has 1 aliphatic heterocycles. The molecule has 0 aliphatic carbocycles. The Hall–Kier alpha value is -2.11. The van der Waals surface area contributed by atoms with E-state index in [0.29, 0.717) is 0 Å². The van der Waals surface area contributed by atoms with Crippen LogP contribution in [0.4, 0.5) is 0 Å². The average molecular weight is 325 g/mol. The molecule has 1 N–H and O–H groups in total. The first-order valence-corrected chi connectivity index (χ1v) is 8.56. The number of benzene rings is 1. The van der Waals surface area contributed by atoms with E-state index < -0.39 is 6.10 Å². The summed E-state index contributed by atoms with van der Waals surface area (Å²) in [5.74, 6) is 1.96. The minimum atomic E-state index is -0.511. The van der Waals surface area contributed by atoms with Gasteiger partial charge < -0.3 is 14.1 Å². The first kappa shape index (κ1) is 15.4. The van der Waals surface area contributed by atoms with Gasteiger partial charge in [-0.1, -0.05) is 18.2 Å². The normalized spacial score (nSPS) is 20.5. The molecule has 0 bridgehead atoms. The summed E-state index contributed by atoms with van der Waals surface area (Å²) in [5, 5.41) is 11.8. The Kier molecular flexibility index (Phi) is 4.12. The van der Waals surface area contributed by atoms with Crippen LogP contribution < -0.4 is 0 Å². The van der Waals surface area contributed by atoms with E-state index in [2.05, 4.69) is 22.0 Å². The molecule has 1 fully saturated rings. The van der Waals surface area contributed by atoms with Gasteiger partial charge in [-0.3, -0.25) is 4.90 Å². The molecule has 0 saturated carbocycles. The maximum Gasteiger partial charge on any atom is 0.137 e. The van der Waals surface area contributed by atoms with Crippen molar-refractivity contribution in [3.63, 3.8) is 0 Å². The highest BCUT2D eigenvalue weighted by Crippen LogP contribution is 2.30. The third kappa shape index (κ3) is 2.97. The molecule has 24 heavy (non-hydrogen) atoms. The molecule has 3 heterocycles. The third-order valence-corrected chi connectivity index (χ3v) is 4.97. The van der Waals surface area contributed by atoms with Crippen molar-refractivity contribution in [1.82, 2.24) is 14.5 Å². The number of nitrogens with zero attached hydrogens (tertiary/aromatic N) is 3. The summed E-state index contributed by atoms with van der Waals surface area (Å²) >= 11 is 0. The molecule has 0 radical (unpaired) electrons. The van der Waals surface area contributed by atoms with Crippen molar-refractivity contribution in [2.45, 2.75) is 25.5 Å². The number of fused-ring (bicyclic) bond motifs is 1. The fourth-order valence-corrected chi connectivity index (χ4v) is 3.70. The van der Waals surface area contributed by atoms with Crippen LogP contribution in [-0.4, -0.2) is 32.6 Å². The van der Waals surface area contributed by atoms with Crippen molar-refractivity contribution >= 4 is 11.0 Å². The van der Waals surface area contributed by atoms with Crippen molar-refractivity contribution in [1.29, 1.82) is 0 Å². The van der Waals surface area contributed by atoms with E-state index in [-0.39, 0.29) is 5.92 Å². The van der Waals surface area contributed by atoms with Crippen LogP contribution in [0, 0.1) is 5.92 Å². The first-order valence-electron chi connectivity index (χ1n) is 8.56. The van der Waals surface area contributed by atoms with Gasteiger partial charge in [-0.25, -0.2) is 4.98 Å². The third-order valence-electron chi connectivity index (χ3n) is 4.97. The van der Waals surface area contributed by atoms with Gasteiger partial charge in [0.25, 0.3) is 0 Å². The van der Waals surface area contributed by atoms with E-state index in [1.54, 1.807) is 6.20 Å². The van der Waals surface area contributed by atoms with Gasteiger partial charge in [-0.15, -0.1) is 0 Å². The summed E-state index contributed by atoms with van der Waals surface area (Å²) in [6, 6.07) is 10.2. The van der Waals surface area contributed by atoms with Crippen molar-refractivity contribution in [2.24, 2.45) is 13.0 Å². The summed E-state index contributed by atoms with van der Waals surface area (Å²) in [7, 11) is 1.93. The molecule has 2 aromatic heterocycles. The Morgan fingerprint density at radius 1 is 1.38 bits per heavy atom. The Balaban J connectivity index is 1.45. The van der Waals surface area contributed by atoms with Crippen molar-refractivity contribution < 1.29 is 9.52 Å². The van der Waals surface area contributed by atoms with Crippen LogP contribution in [0.3, 0.4) is 0 Å². The number of furan rings is 1. The monoisotopic (exact) mass is 325 g/mol. The number of hydrogen-bond acceptors (Lipinski definition) is 4. The van der Waals surface area contributed by atoms with E-state index in [9.17, 15) is 5.11 Å². The molecule has 2 unspecified atom stereocenters. The number of piperidine rings is 1. The molecule has 1 saturated heterocycles. The van der Waals surface area contributed by atoms with Crippen LogP contribution in [0.15, 0.2) is 47.1 Å². The quantitative estimate of drug-likeness (QED) is 0.801. The van der Waals surface area contributed by atoms with Crippen LogP contribution in [-0.2, 0) is 13.6 Å². The Morgan fingerprint density at radius 3 is 3.04 bits per heavy atom. The maximum atomic E-state index is 10.7. The molecule has 2 atom stereocenters. The Morgan fingerprint density at radius 2 is 2.25 bits per heavy atom. The zero-order valence-corrected chi connectivity index (χ0v) is 13.9. The highest BCUT2D eigenvalue weighted by Gasteiger charge is 2.29. The fourth-order valence-electron chi connectivity index (χ4n) is 3.70. The largest absolute Gasteiger partial charge is 0.460 e. The van der Waals surface area contributed by atoms with Gasteiger partial charge >= 0.3 is 0 Å². The summed E-state index contributed by atoms with van der Waals surface area (Å²) in [6.07, 6.45) is 5.24. The van der Waals surface area contributed by atoms with E-state index >= 15 is 0 Å². The van der Waals surface area contributed by atoms with Crippen molar-refractivity contribution in [2.75, 3.05) is 13.1 Å². The summed E-state index contributed by atoms with van der Waals surface area (Å²) < 4.78 is 7.84. The second-order valence-electron chi connectivity index (χ2n) is 6.73. The van der Waals surface area contributed by atoms with Gasteiger partial charge in [0.1, 0.15) is 23.3 Å². The number of likely N-dealkylation sites (tertiary alicyclic amines) is 1. The topological polar surface area (TPSA) is 54.4 Å². The summed E-state index contributed by atoms with van der Waals surface area (Å²) in [6.45, 7) is 2.70. The maximum absolute atomic E-state index is 10.7. The number of hydrogen-bond donors (Lipinski definition) is 1. The van der Waals surface area contributed by atoms with Crippen molar-refractivity contribution in [3.05, 3.63) is 54.3 Å². The van der Waals surface area contributed by atoms with E-state index in [1.807, 2.05) is 36.0 Å². The van der Waals surface area contributed by atoms with Crippen LogP contribution in [0.5, 0.6) is 0 Å². The Bertz CT molecular complexity index is 790. The van der Waals surface area contributed by atoms with Gasteiger partial charge in [0.05, 0.1) is 6.54 Å². The van der Waals surface area contributed by atoms with Gasteiger partial charge in [0.2, 0.25) is 0 Å². The minimum absolute atomic E-state index is 0.212. The lowest BCUT2D eigenvalue weighted by Crippen LogP contribution is -2.37. The predicted octanol–water partition coefficient (Wildman–Crippen LogP) is 3.11. The highest BCUT2D eigenvalue weighted by atomic mass is 16.3. The zero-order chi connectivity index (χ0) is 16.5. The smallest absolute Gasteiger partial charge is 0.137 e. The SMILES string of the molecule is Cn1ccnc1C(O)C1CCCN(Cc2cc3ccccc3o2)C1. The van der Waals surface area contributed by atoms with Gasteiger partial charge in [-0.2, -0.15) is 0 Å². The lowest BCUT2D eigenvalue weighted by molar-refractivity contribution is 0.0385. The number of aryl methyl sites for hydroxylation is 1. The predicted molar refractivity (Wildman–Crippen MR) is 92.4 cm³/mol. The van der Waals surface area contributed by atoms with Gasteiger partial charge in [-0.05, 0) is 31.5 Å². The number of aromatic nitrogens is 2.